The fourth-order valence-electron chi connectivity index (χ4n) is 2.31. The van der Waals surface area contributed by atoms with Gasteiger partial charge in [-0.2, -0.15) is 13.2 Å². The molecular weight excluding hydrogens is 355 g/mol. The van der Waals surface area contributed by atoms with Gasteiger partial charge in [0, 0.05) is 5.41 Å². The SMILES string of the molecule is C/C(=N\OC(=O)C(F)(F)F)C(C)(C)C=C(c1ccccc1)c1ccccc1. The highest BCUT2D eigenvalue weighted by Crippen LogP contribution is 2.31. The van der Waals surface area contributed by atoms with Crippen LogP contribution >= 0.6 is 0 Å². The van der Waals surface area contributed by atoms with Gasteiger partial charge >= 0.3 is 12.1 Å². The standard InChI is InChI=1S/C21H20F3NO2/c1-15(25-27-19(26)21(22,23)24)20(2,3)14-18(16-10-6-4-7-11-16)17-12-8-5-9-13-17/h4-14H,1-3H3/b25-15+. The molecule has 0 aliphatic heterocycles. The van der Waals surface area contributed by atoms with Crippen molar-refractivity contribution in [2.24, 2.45) is 10.6 Å². The number of hydrogen-bond acceptors (Lipinski definition) is 3. The Morgan fingerprint density at radius 3 is 1.78 bits per heavy atom. The summed E-state index contributed by atoms with van der Waals surface area (Å²) >= 11 is 0. The number of carbonyl (C=O) groups is 1. The van der Waals surface area contributed by atoms with Gasteiger partial charge in [-0.1, -0.05) is 85.7 Å². The first-order valence-electron chi connectivity index (χ1n) is 8.28. The summed E-state index contributed by atoms with van der Waals surface area (Å²) in [4.78, 5) is 14.9. The van der Waals surface area contributed by atoms with Gasteiger partial charge in [0.25, 0.3) is 0 Å². The van der Waals surface area contributed by atoms with Crippen LogP contribution in [0.5, 0.6) is 0 Å². The van der Waals surface area contributed by atoms with Crippen LogP contribution in [0.1, 0.15) is 31.9 Å². The quantitative estimate of drug-likeness (QED) is 0.386. The zero-order chi connectivity index (χ0) is 20.1. The monoisotopic (exact) mass is 375 g/mol. The van der Waals surface area contributed by atoms with Crippen LogP contribution < -0.4 is 0 Å². The predicted octanol–water partition coefficient (Wildman–Crippen LogP) is 5.63. The van der Waals surface area contributed by atoms with E-state index in [2.05, 4.69) is 9.99 Å². The first-order chi connectivity index (χ1) is 12.6. The lowest BCUT2D eigenvalue weighted by atomic mass is 9.83. The van der Waals surface area contributed by atoms with Crippen molar-refractivity contribution in [2.45, 2.75) is 26.9 Å². The third kappa shape index (κ3) is 5.54. The van der Waals surface area contributed by atoms with Gasteiger partial charge in [-0.3, -0.25) is 0 Å². The second kappa shape index (κ2) is 8.20. The highest BCUT2D eigenvalue weighted by atomic mass is 19.4. The second-order valence-electron chi connectivity index (χ2n) is 6.56. The number of oxime groups is 1. The largest absolute Gasteiger partial charge is 0.493 e. The molecule has 0 heterocycles. The molecule has 0 fully saturated rings. The Kier molecular flexibility index (Phi) is 6.20. The first-order valence-corrected chi connectivity index (χ1v) is 8.28. The van der Waals surface area contributed by atoms with Crippen LogP contribution in [0.4, 0.5) is 13.2 Å². The van der Waals surface area contributed by atoms with E-state index in [4.69, 9.17) is 0 Å². The molecule has 2 rings (SSSR count). The van der Waals surface area contributed by atoms with Crippen LogP contribution in [0.15, 0.2) is 71.9 Å². The molecule has 0 amide bonds. The average Bonchev–Trinajstić information content (AvgIpc) is 2.64. The summed E-state index contributed by atoms with van der Waals surface area (Å²) < 4.78 is 36.9. The van der Waals surface area contributed by atoms with E-state index in [-0.39, 0.29) is 5.71 Å². The van der Waals surface area contributed by atoms with E-state index >= 15 is 0 Å². The van der Waals surface area contributed by atoms with Crippen LogP contribution in [0.3, 0.4) is 0 Å². The third-order valence-corrected chi connectivity index (χ3v) is 4.10. The summed E-state index contributed by atoms with van der Waals surface area (Å²) in [5.74, 6) is -2.34. The minimum absolute atomic E-state index is 0.240. The van der Waals surface area contributed by atoms with E-state index in [1.165, 1.54) is 6.92 Å². The van der Waals surface area contributed by atoms with Crippen molar-refractivity contribution >= 4 is 17.3 Å². The lowest BCUT2D eigenvalue weighted by molar-refractivity contribution is -0.199. The molecule has 0 unspecified atom stereocenters. The normalized spacial score (nSPS) is 12.4. The smallest absolute Gasteiger partial charge is 0.309 e. The molecule has 3 nitrogen and oxygen atoms in total. The van der Waals surface area contributed by atoms with E-state index in [0.717, 1.165) is 16.7 Å². The van der Waals surface area contributed by atoms with Crippen LogP contribution in [-0.4, -0.2) is 17.9 Å². The molecule has 0 saturated heterocycles. The predicted molar refractivity (Wildman–Crippen MR) is 99.0 cm³/mol. The molecule has 0 aliphatic rings. The highest BCUT2D eigenvalue weighted by molar-refractivity contribution is 5.93. The number of halogens is 3. The maximum atomic E-state index is 12.3. The van der Waals surface area contributed by atoms with Crippen LogP contribution in [0.25, 0.3) is 5.57 Å². The van der Waals surface area contributed by atoms with E-state index in [9.17, 15) is 18.0 Å². The first kappa shape index (κ1) is 20.4. The molecule has 2 aromatic carbocycles. The van der Waals surface area contributed by atoms with Crippen LogP contribution in [0.2, 0.25) is 0 Å². The Labute approximate surface area is 156 Å². The van der Waals surface area contributed by atoms with Gasteiger partial charge in [0.2, 0.25) is 0 Å². The summed E-state index contributed by atoms with van der Waals surface area (Å²) in [6, 6.07) is 19.2. The number of nitrogens with zero attached hydrogens (tertiary/aromatic N) is 1. The van der Waals surface area contributed by atoms with Crippen molar-refractivity contribution < 1.29 is 22.8 Å². The molecule has 0 saturated carbocycles. The number of allylic oxidation sites excluding steroid dienone is 1. The van der Waals surface area contributed by atoms with Crippen LogP contribution in [0, 0.1) is 5.41 Å². The number of carbonyl (C=O) groups excluding carboxylic acids is 1. The molecule has 2 aromatic rings. The molecule has 0 bridgehead atoms. The minimum atomic E-state index is -5.08. The molecule has 0 aromatic heterocycles. The van der Waals surface area contributed by atoms with Crippen molar-refractivity contribution in [1.82, 2.24) is 0 Å². The van der Waals surface area contributed by atoms with E-state index in [0.29, 0.717) is 0 Å². The Morgan fingerprint density at radius 2 is 1.37 bits per heavy atom. The average molecular weight is 375 g/mol. The van der Waals surface area contributed by atoms with Crippen molar-refractivity contribution in [1.29, 1.82) is 0 Å². The topological polar surface area (TPSA) is 38.7 Å². The van der Waals surface area contributed by atoms with E-state index in [1.54, 1.807) is 13.8 Å². The van der Waals surface area contributed by atoms with Gasteiger partial charge in [-0.15, -0.1) is 0 Å². The molecule has 6 heteroatoms. The number of hydrogen-bond donors (Lipinski definition) is 0. The van der Waals surface area contributed by atoms with Gasteiger partial charge in [0.15, 0.2) is 0 Å². The lowest BCUT2D eigenvalue weighted by Gasteiger charge is -2.22. The minimum Gasteiger partial charge on any atom is -0.309 e. The fraction of sp³-hybridized carbons (Fsp3) is 0.238. The number of alkyl halides is 3. The van der Waals surface area contributed by atoms with Gasteiger partial charge in [0.05, 0.1) is 5.71 Å². The molecule has 0 aliphatic carbocycles. The molecule has 0 spiro atoms. The lowest BCUT2D eigenvalue weighted by Crippen LogP contribution is -2.26. The highest BCUT2D eigenvalue weighted by Gasteiger charge is 2.42. The molecular formula is C21H20F3NO2. The van der Waals surface area contributed by atoms with E-state index < -0.39 is 17.6 Å². The Hall–Kier alpha value is -2.89. The van der Waals surface area contributed by atoms with E-state index in [1.807, 2.05) is 66.7 Å². The maximum Gasteiger partial charge on any atom is 0.493 e. The third-order valence-electron chi connectivity index (χ3n) is 4.10. The molecule has 0 atom stereocenters. The van der Waals surface area contributed by atoms with Crippen LogP contribution in [-0.2, 0) is 9.63 Å². The van der Waals surface area contributed by atoms with Gasteiger partial charge < -0.3 is 4.84 Å². The summed E-state index contributed by atoms with van der Waals surface area (Å²) in [6.45, 7) is 5.10. The summed E-state index contributed by atoms with van der Waals surface area (Å²) in [7, 11) is 0. The van der Waals surface area contributed by atoms with Crippen molar-refractivity contribution in [3.63, 3.8) is 0 Å². The zero-order valence-corrected chi connectivity index (χ0v) is 15.2. The molecule has 0 radical (unpaired) electrons. The fourth-order valence-corrected chi connectivity index (χ4v) is 2.31. The van der Waals surface area contributed by atoms with Crippen molar-refractivity contribution in [3.8, 4) is 0 Å². The number of rotatable bonds is 5. The number of benzene rings is 2. The second-order valence-corrected chi connectivity index (χ2v) is 6.56. The molecule has 0 N–H and O–H groups in total. The molecule has 142 valence electrons. The summed E-state index contributed by atoms with van der Waals surface area (Å²) in [6.07, 6.45) is -3.18. The van der Waals surface area contributed by atoms with Crippen molar-refractivity contribution in [2.75, 3.05) is 0 Å². The molecule has 27 heavy (non-hydrogen) atoms. The van der Waals surface area contributed by atoms with Gasteiger partial charge in [-0.05, 0) is 23.6 Å². The summed E-state index contributed by atoms with van der Waals surface area (Å²) in [5, 5.41) is 3.41. The Morgan fingerprint density at radius 1 is 0.926 bits per heavy atom. The van der Waals surface area contributed by atoms with Gasteiger partial charge in [0.1, 0.15) is 0 Å². The van der Waals surface area contributed by atoms with Crippen molar-refractivity contribution in [3.05, 3.63) is 77.9 Å². The maximum absolute atomic E-state index is 12.3. The van der Waals surface area contributed by atoms with Gasteiger partial charge in [-0.25, -0.2) is 4.79 Å². The Balaban J connectivity index is 2.41. The Bertz CT molecular complexity index is 797. The summed E-state index contributed by atoms with van der Waals surface area (Å²) in [5.41, 5.74) is 2.29. The zero-order valence-electron chi connectivity index (χ0n) is 15.2.